The van der Waals surface area contributed by atoms with E-state index in [1.165, 1.54) is 31.2 Å². The lowest BCUT2D eigenvalue weighted by Crippen LogP contribution is -2.03. The van der Waals surface area contributed by atoms with Crippen molar-refractivity contribution < 1.29 is 9.84 Å². The lowest BCUT2D eigenvalue weighted by atomic mass is 10.00. The molecule has 0 saturated carbocycles. The van der Waals surface area contributed by atoms with Gasteiger partial charge in [0.2, 0.25) is 0 Å². The summed E-state index contributed by atoms with van der Waals surface area (Å²) in [5, 5.41) is 10.3. The SMILES string of the molecule is CCCCCCCC(O)c1cc(C)ccc1OCC. The number of aliphatic hydroxyl groups excluding tert-OH is 1. The average Bonchev–Trinajstić information content (AvgIpc) is 2.40. The van der Waals surface area contributed by atoms with E-state index < -0.39 is 6.10 Å². The second-order valence-corrected chi connectivity index (χ2v) is 5.19. The molecule has 19 heavy (non-hydrogen) atoms. The highest BCUT2D eigenvalue weighted by atomic mass is 16.5. The van der Waals surface area contributed by atoms with E-state index in [-0.39, 0.29) is 0 Å². The maximum absolute atomic E-state index is 10.3. The number of aryl methyl sites for hydroxylation is 1. The van der Waals surface area contributed by atoms with Gasteiger partial charge in [-0.2, -0.15) is 0 Å². The molecule has 1 aromatic rings. The summed E-state index contributed by atoms with van der Waals surface area (Å²) >= 11 is 0. The first kappa shape index (κ1) is 16.0. The molecule has 1 rings (SSSR count). The van der Waals surface area contributed by atoms with Crippen molar-refractivity contribution in [1.29, 1.82) is 0 Å². The Balaban J connectivity index is 2.54. The third-order valence-corrected chi connectivity index (χ3v) is 3.41. The highest BCUT2D eigenvalue weighted by Gasteiger charge is 2.13. The molecule has 0 heterocycles. The molecule has 0 radical (unpaired) electrons. The minimum absolute atomic E-state index is 0.400. The van der Waals surface area contributed by atoms with Gasteiger partial charge in [0.25, 0.3) is 0 Å². The number of rotatable bonds is 9. The number of ether oxygens (including phenoxy) is 1. The Hall–Kier alpha value is -1.02. The fraction of sp³-hybridized carbons (Fsp3) is 0.647. The van der Waals surface area contributed by atoms with Gasteiger partial charge in [-0.25, -0.2) is 0 Å². The Kier molecular flexibility index (Phi) is 7.57. The Bertz CT molecular complexity index is 360. The van der Waals surface area contributed by atoms with Gasteiger partial charge in [-0.3, -0.25) is 0 Å². The zero-order valence-electron chi connectivity index (χ0n) is 12.6. The van der Waals surface area contributed by atoms with Crippen molar-refractivity contribution in [3.63, 3.8) is 0 Å². The maximum atomic E-state index is 10.3. The molecule has 0 saturated heterocycles. The molecule has 1 N–H and O–H groups in total. The minimum atomic E-state index is -0.400. The first-order chi connectivity index (χ1) is 9.19. The zero-order chi connectivity index (χ0) is 14.1. The van der Waals surface area contributed by atoms with Gasteiger partial charge < -0.3 is 9.84 Å². The number of hydrogen-bond acceptors (Lipinski definition) is 2. The molecule has 0 fully saturated rings. The molecular weight excluding hydrogens is 236 g/mol. The van der Waals surface area contributed by atoms with Crippen LogP contribution in [-0.4, -0.2) is 11.7 Å². The standard InChI is InChI=1S/C17H28O2/c1-4-6-7-8-9-10-16(18)15-13-14(3)11-12-17(15)19-5-2/h11-13,16,18H,4-10H2,1-3H3. The maximum Gasteiger partial charge on any atom is 0.125 e. The molecule has 0 aromatic heterocycles. The van der Waals surface area contributed by atoms with Crippen molar-refractivity contribution in [1.82, 2.24) is 0 Å². The molecule has 0 aliphatic heterocycles. The van der Waals surface area contributed by atoms with Gasteiger partial charge in [0.05, 0.1) is 12.7 Å². The zero-order valence-corrected chi connectivity index (χ0v) is 12.6. The van der Waals surface area contributed by atoms with E-state index in [2.05, 4.69) is 6.92 Å². The number of hydrogen-bond donors (Lipinski definition) is 1. The first-order valence-electron chi connectivity index (χ1n) is 7.60. The van der Waals surface area contributed by atoms with Crippen LogP contribution in [0, 0.1) is 6.92 Å². The minimum Gasteiger partial charge on any atom is -0.493 e. The molecular formula is C17H28O2. The van der Waals surface area contributed by atoms with E-state index >= 15 is 0 Å². The molecule has 0 aliphatic rings. The van der Waals surface area contributed by atoms with Crippen LogP contribution in [0.3, 0.4) is 0 Å². The van der Waals surface area contributed by atoms with Crippen LogP contribution < -0.4 is 4.74 Å². The summed E-state index contributed by atoms with van der Waals surface area (Å²) in [6, 6.07) is 6.04. The van der Waals surface area contributed by atoms with E-state index in [1.807, 2.05) is 32.0 Å². The Morgan fingerprint density at radius 3 is 2.53 bits per heavy atom. The molecule has 1 unspecified atom stereocenters. The van der Waals surface area contributed by atoms with Crippen molar-refractivity contribution >= 4 is 0 Å². The molecule has 0 amide bonds. The molecule has 0 aliphatic carbocycles. The van der Waals surface area contributed by atoms with Gasteiger partial charge in [-0.15, -0.1) is 0 Å². The van der Waals surface area contributed by atoms with Crippen LogP contribution >= 0.6 is 0 Å². The highest BCUT2D eigenvalue weighted by Crippen LogP contribution is 2.29. The smallest absolute Gasteiger partial charge is 0.125 e. The first-order valence-corrected chi connectivity index (χ1v) is 7.60. The summed E-state index contributed by atoms with van der Waals surface area (Å²) in [7, 11) is 0. The largest absolute Gasteiger partial charge is 0.493 e. The van der Waals surface area contributed by atoms with Gasteiger partial charge in [-0.1, -0.05) is 50.7 Å². The summed E-state index contributed by atoms with van der Waals surface area (Å²) in [4.78, 5) is 0. The topological polar surface area (TPSA) is 29.5 Å². The summed E-state index contributed by atoms with van der Waals surface area (Å²) in [5.41, 5.74) is 2.11. The van der Waals surface area contributed by atoms with E-state index in [9.17, 15) is 5.11 Å². The van der Waals surface area contributed by atoms with E-state index in [4.69, 9.17) is 4.74 Å². The molecule has 1 aromatic carbocycles. The van der Waals surface area contributed by atoms with Crippen LogP contribution in [-0.2, 0) is 0 Å². The predicted octanol–water partition coefficient (Wildman–Crippen LogP) is 4.79. The van der Waals surface area contributed by atoms with Crippen molar-refractivity contribution in [2.75, 3.05) is 6.61 Å². The number of aliphatic hydroxyl groups is 1. The summed E-state index contributed by atoms with van der Waals surface area (Å²) in [6.45, 7) is 6.88. The lowest BCUT2D eigenvalue weighted by molar-refractivity contribution is 0.158. The van der Waals surface area contributed by atoms with Gasteiger partial charge in [0.1, 0.15) is 5.75 Å². The van der Waals surface area contributed by atoms with Gasteiger partial charge in [0, 0.05) is 5.56 Å². The molecule has 2 heteroatoms. The second-order valence-electron chi connectivity index (χ2n) is 5.19. The van der Waals surface area contributed by atoms with Crippen molar-refractivity contribution in [2.24, 2.45) is 0 Å². The average molecular weight is 264 g/mol. The van der Waals surface area contributed by atoms with Crippen LogP contribution in [0.15, 0.2) is 18.2 Å². The Labute approximate surface area is 117 Å². The van der Waals surface area contributed by atoms with Crippen LogP contribution in [0.2, 0.25) is 0 Å². The van der Waals surface area contributed by atoms with Crippen LogP contribution in [0.4, 0.5) is 0 Å². The van der Waals surface area contributed by atoms with Gasteiger partial charge >= 0.3 is 0 Å². The van der Waals surface area contributed by atoms with Crippen LogP contribution in [0.1, 0.15) is 69.6 Å². The van der Waals surface area contributed by atoms with Crippen molar-refractivity contribution in [3.8, 4) is 5.75 Å². The van der Waals surface area contributed by atoms with E-state index in [0.29, 0.717) is 6.61 Å². The predicted molar refractivity (Wildman–Crippen MR) is 80.7 cm³/mol. The second kappa shape index (κ2) is 8.98. The Morgan fingerprint density at radius 1 is 1.11 bits per heavy atom. The highest BCUT2D eigenvalue weighted by molar-refractivity contribution is 5.38. The molecule has 1 atom stereocenters. The summed E-state index contributed by atoms with van der Waals surface area (Å²) in [5.74, 6) is 0.828. The fourth-order valence-electron chi connectivity index (χ4n) is 2.31. The van der Waals surface area contributed by atoms with E-state index in [0.717, 1.165) is 24.2 Å². The van der Waals surface area contributed by atoms with E-state index in [1.54, 1.807) is 0 Å². The summed E-state index contributed by atoms with van der Waals surface area (Å²) in [6.07, 6.45) is 6.55. The Morgan fingerprint density at radius 2 is 1.84 bits per heavy atom. The number of unbranched alkanes of at least 4 members (excludes halogenated alkanes) is 4. The normalized spacial score (nSPS) is 12.4. The molecule has 0 spiro atoms. The van der Waals surface area contributed by atoms with Crippen LogP contribution in [0.25, 0.3) is 0 Å². The van der Waals surface area contributed by atoms with Crippen LogP contribution in [0.5, 0.6) is 5.75 Å². The summed E-state index contributed by atoms with van der Waals surface area (Å²) < 4.78 is 5.60. The lowest BCUT2D eigenvalue weighted by Gasteiger charge is -2.16. The number of benzene rings is 1. The third kappa shape index (κ3) is 5.65. The third-order valence-electron chi connectivity index (χ3n) is 3.41. The quantitative estimate of drug-likeness (QED) is 0.650. The monoisotopic (exact) mass is 264 g/mol. The molecule has 0 bridgehead atoms. The van der Waals surface area contributed by atoms with Gasteiger partial charge in [0.15, 0.2) is 0 Å². The van der Waals surface area contributed by atoms with Crippen molar-refractivity contribution in [3.05, 3.63) is 29.3 Å². The molecule has 108 valence electrons. The molecule has 2 nitrogen and oxygen atoms in total. The van der Waals surface area contributed by atoms with Gasteiger partial charge in [-0.05, 0) is 32.4 Å². The van der Waals surface area contributed by atoms with Crippen molar-refractivity contribution in [2.45, 2.75) is 65.4 Å². The fourth-order valence-corrected chi connectivity index (χ4v) is 2.31.